The average Bonchev–Trinajstić information content (AvgIpc) is 3.20. The number of rotatable bonds is 9. The van der Waals surface area contributed by atoms with Crippen LogP contribution in [0.2, 0.25) is 0 Å². The number of hydrogen-bond acceptors (Lipinski definition) is 7. The van der Waals surface area contributed by atoms with Crippen LogP contribution in [0, 0.1) is 0 Å². The minimum Gasteiger partial charge on any atom is -0.495 e. The number of benzene rings is 2. The lowest BCUT2D eigenvalue weighted by molar-refractivity contribution is -0.113. The molecular weight excluding hydrogens is 404 g/mol. The standard InChI is InChI=1S/C21H24N4O4S/c1-5-25-20(14-10-11-17(28-3)18(12-14)29-4)23-24-21(25)30-13-19(26)22-15-8-6-7-9-16(15)27-2/h6-12H,5,13H2,1-4H3,(H,22,26). The highest BCUT2D eigenvalue weighted by Gasteiger charge is 2.17. The smallest absolute Gasteiger partial charge is 0.234 e. The molecule has 0 bridgehead atoms. The number of aromatic nitrogens is 3. The number of hydrogen-bond donors (Lipinski definition) is 1. The maximum Gasteiger partial charge on any atom is 0.234 e. The van der Waals surface area contributed by atoms with Gasteiger partial charge in [-0.25, -0.2) is 0 Å². The van der Waals surface area contributed by atoms with Crippen molar-refractivity contribution in [3.63, 3.8) is 0 Å². The summed E-state index contributed by atoms with van der Waals surface area (Å²) in [5, 5.41) is 12.1. The SMILES string of the molecule is CCn1c(SCC(=O)Nc2ccccc2OC)nnc1-c1ccc(OC)c(OC)c1. The zero-order valence-corrected chi connectivity index (χ0v) is 18.2. The van der Waals surface area contributed by atoms with Crippen molar-refractivity contribution in [2.45, 2.75) is 18.6 Å². The fourth-order valence-electron chi connectivity index (χ4n) is 2.93. The van der Waals surface area contributed by atoms with Gasteiger partial charge < -0.3 is 24.1 Å². The summed E-state index contributed by atoms with van der Waals surface area (Å²) in [4.78, 5) is 12.4. The number of carbonyl (C=O) groups excluding carboxylic acids is 1. The van der Waals surface area contributed by atoms with Gasteiger partial charge in [-0.3, -0.25) is 4.79 Å². The largest absolute Gasteiger partial charge is 0.495 e. The summed E-state index contributed by atoms with van der Waals surface area (Å²) in [6.45, 7) is 2.67. The predicted molar refractivity (Wildman–Crippen MR) is 117 cm³/mol. The van der Waals surface area contributed by atoms with Crippen LogP contribution in [-0.4, -0.2) is 47.8 Å². The normalized spacial score (nSPS) is 10.5. The molecule has 1 heterocycles. The molecule has 0 aliphatic carbocycles. The van der Waals surface area contributed by atoms with E-state index in [4.69, 9.17) is 14.2 Å². The van der Waals surface area contributed by atoms with E-state index in [1.54, 1.807) is 33.5 Å². The molecule has 0 saturated carbocycles. The van der Waals surface area contributed by atoms with E-state index in [0.29, 0.717) is 40.5 Å². The molecular formula is C21H24N4O4S. The minimum atomic E-state index is -0.150. The van der Waals surface area contributed by atoms with Crippen molar-refractivity contribution in [2.75, 3.05) is 32.4 Å². The number of thioether (sulfide) groups is 1. The number of nitrogens with one attached hydrogen (secondary N) is 1. The molecule has 3 aromatic rings. The van der Waals surface area contributed by atoms with Gasteiger partial charge in [0.25, 0.3) is 0 Å². The van der Waals surface area contributed by atoms with E-state index in [9.17, 15) is 4.79 Å². The van der Waals surface area contributed by atoms with E-state index < -0.39 is 0 Å². The first-order valence-corrected chi connectivity index (χ1v) is 10.3. The van der Waals surface area contributed by atoms with Crippen LogP contribution in [0.15, 0.2) is 47.6 Å². The number of anilines is 1. The molecule has 9 heteroatoms. The number of carbonyl (C=O) groups is 1. The van der Waals surface area contributed by atoms with Gasteiger partial charge in [0.05, 0.1) is 32.8 Å². The summed E-state index contributed by atoms with van der Waals surface area (Å²) < 4.78 is 17.9. The van der Waals surface area contributed by atoms with Crippen LogP contribution in [0.4, 0.5) is 5.69 Å². The maximum atomic E-state index is 12.4. The van der Waals surface area contributed by atoms with Crippen molar-refractivity contribution >= 4 is 23.4 Å². The zero-order valence-electron chi connectivity index (χ0n) is 17.3. The molecule has 30 heavy (non-hydrogen) atoms. The van der Waals surface area contributed by atoms with Crippen LogP contribution in [-0.2, 0) is 11.3 Å². The van der Waals surface area contributed by atoms with Crippen molar-refractivity contribution in [1.29, 1.82) is 0 Å². The molecule has 1 aromatic heterocycles. The molecule has 0 spiro atoms. The third kappa shape index (κ3) is 4.68. The van der Waals surface area contributed by atoms with Crippen LogP contribution in [0.3, 0.4) is 0 Å². The van der Waals surface area contributed by atoms with E-state index in [-0.39, 0.29) is 11.7 Å². The van der Waals surface area contributed by atoms with Crippen LogP contribution < -0.4 is 19.5 Å². The minimum absolute atomic E-state index is 0.150. The fraction of sp³-hybridized carbons (Fsp3) is 0.286. The molecule has 8 nitrogen and oxygen atoms in total. The van der Waals surface area contributed by atoms with Gasteiger partial charge in [0.15, 0.2) is 22.5 Å². The molecule has 0 saturated heterocycles. The van der Waals surface area contributed by atoms with Gasteiger partial charge >= 0.3 is 0 Å². The van der Waals surface area contributed by atoms with Crippen LogP contribution >= 0.6 is 11.8 Å². The first-order chi connectivity index (χ1) is 14.6. The average molecular weight is 429 g/mol. The van der Waals surface area contributed by atoms with Gasteiger partial charge in [-0.05, 0) is 37.3 Å². The maximum absolute atomic E-state index is 12.4. The number of methoxy groups -OCH3 is 3. The molecule has 0 aliphatic rings. The Morgan fingerprint density at radius 1 is 1.00 bits per heavy atom. The fourth-order valence-corrected chi connectivity index (χ4v) is 3.74. The Balaban J connectivity index is 1.74. The van der Waals surface area contributed by atoms with Gasteiger partial charge in [-0.15, -0.1) is 10.2 Å². The highest BCUT2D eigenvalue weighted by Crippen LogP contribution is 2.33. The molecule has 158 valence electrons. The van der Waals surface area contributed by atoms with Gasteiger partial charge in [-0.2, -0.15) is 0 Å². The summed E-state index contributed by atoms with van der Waals surface area (Å²) >= 11 is 1.33. The monoisotopic (exact) mass is 428 g/mol. The Labute approximate surface area is 179 Å². The van der Waals surface area contributed by atoms with Crippen molar-refractivity contribution in [1.82, 2.24) is 14.8 Å². The number of para-hydroxylation sites is 2. The molecule has 0 unspecified atom stereocenters. The molecule has 1 N–H and O–H groups in total. The second-order valence-corrected chi connectivity index (χ2v) is 7.10. The Hall–Kier alpha value is -3.20. The molecule has 0 aliphatic heterocycles. The molecule has 0 atom stereocenters. The number of ether oxygens (including phenoxy) is 3. The summed E-state index contributed by atoms with van der Waals surface area (Å²) in [5.74, 6) is 2.62. The molecule has 3 rings (SSSR count). The summed E-state index contributed by atoms with van der Waals surface area (Å²) in [6, 6.07) is 12.9. The van der Waals surface area contributed by atoms with Gasteiger partial charge in [0, 0.05) is 12.1 Å². The van der Waals surface area contributed by atoms with E-state index in [2.05, 4.69) is 15.5 Å². The highest BCUT2D eigenvalue weighted by atomic mass is 32.2. The third-order valence-electron chi connectivity index (χ3n) is 4.39. The first kappa shape index (κ1) is 21.5. The zero-order chi connectivity index (χ0) is 21.5. The number of amides is 1. The Morgan fingerprint density at radius 2 is 1.73 bits per heavy atom. The van der Waals surface area contributed by atoms with Gasteiger partial charge in [0.2, 0.25) is 5.91 Å². The lowest BCUT2D eigenvalue weighted by Gasteiger charge is -2.11. The van der Waals surface area contributed by atoms with Crippen molar-refractivity contribution in [3.05, 3.63) is 42.5 Å². The second-order valence-electron chi connectivity index (χ2n) is 6.16. The van der Waals surface area contributed by atoms with Crippen molar-refractivity contribution in [2.24, 2.45) is 0 Å². The Kier molecular flexibility index (Phi) is 7.18. The van der Waals surface area contributed by atoms with Crippen LogP contribution in [0.5, 0.6) is 17.2 Å². The van der Waals surface area contributed by atoms with Crippen LogP contribution in [0.1, 0.15) is 6.92 Å². The third-order valence-corrected chi connectivity index (χ3v) is 5.35. The van der Waals surface area contributed by atoms with Crippen molar-refractivity contribution < 1.29 is 19.0 Å². The molecule has 1 amide bonds. The topological polar surface area (TPSA) is 87.5 Å². The summed E-state index contributed by atoms with van der Waals surface area (Å²) in [5.41, 5.74) is 1.49. The Morgan fingerprint density at radius 3 is 2.43 bits per heavy atom. The molecule has 2 aromatic carbocycles. The summed E-state index contributed by atoms with van der Waals surface area (Å²) in [6.07, 6.45) is 0. The molecule has 0 fully saturated rings. The highest BCUT2D eigenvalue weighted by molar-refractivity contribution is 7.99. The number of nitrogens with zero attached hydrogens (tertiary/aromatic N) is 3. The quantitative estimate of drug-likeness (QED) is 0.520. The van der Waals surface area contributed by atoms with Gasteiger partial charge in [-0.1, -0.05) is 23.9 Å². The van der Waals surface area contributed by atoms with Gasteiger partial charge in [0.1, 0.15) is 5.75 Å². The Bertz CT molecular complexity index is 1020. The van der Waals surface area contributed by atoms with E-state index in [0.717, 1.165) is 5.56 Å². The lowest BCUT2D eigenvalue weighted by atomic mass is 10.2. The second kappa shape index (κ2) is 10.0. The lowest BCUT2D eigenvalue weighted by Crippen LogP contribution is -2.15. The molecule has 0 radical (unpaired) electrons. The first-order valence-electron chi connectivity index (χ1n) is 9.32. The summed E-state index contributed by atoms with van der Waals surface area (Å²) in [7, 11) is 4.75. The van der Waals surface area contributed by atoms with Crippen molar-refractivity contribution in [3.8, 4) is 28.6 Å². The van der Waals surface area contributed by atoms with E-state index >= 15 is 0 Å². The van der Waals surface area contributed by atoms with Crippen LogP contribution in [0.25, 0.3) is 11.4 Å². The van der Waals surface area contributed by atoms with E-state index in [1.165, 1.54) is 11.8 Å². The van der Waals surface area contributed by atoms with E-state index in [1.807, 2.05) is 41.8 Å². The predicted octanol–water partition coefficient (Wildman–Crippen LogP) is 3.72.